The maximum Gasteiger partial charge on any atom is 0.230 e. The van der Waals surface area contributed by atoms with E-state index >= 15 is 0 Å². The smallest absolute Gasteiger partial charge is 0.230 e. The Kier molecular flexibility index (Phi) is 3.97. The molecule has 1 saturated carbocycles. The lowest BCUT2D eigenvalue weighted by Gasteiger charge is -2.24. The summed E-state index contributed by atoms with van der Waals surface area (Å²) in [4.78, 5) is 13.8. The minimum Gasteiger partial charge on any atom is -0.330 e. The first kappa shape index (κ1) is 13.0. The average Bonchev–Trinajstić information content (AvgIpc) is 2.86. The number of carbonyl (C=O) groups is 1. The van der Waals surface area contributed by atoms with Crippen molar-refractivity contribution in [3.63, 3.8) is 0 Å². The van der Waals surface area contributed by atoms with E-state index in [-0.39, 0.29) is 23.6 Å². The van der Waals surface area contributed by atoms with Gasteiger partial charge in [0.1, 0.15) is 5.82 Å². The molecule has 2 rings (SSSR count). The summed E-state index contributed by atoms with van der Waals surface area (Å²) in [5.74, 6) is -0.199. The Morgan fingerprint density at radius 1 is 1.44 bits per heavy atom. The molecule has 2 N–H and O–H groups in total. The zero-order valence-corrected chi connectivity index (χ0v) is 10.6. The van der Waals surface area contributed by atoms with Crippen LogP contribution in [-0.4, -0.2) is 19.5 Å². The Hall–Kier alpha value is -1.42. The van der Waals surface area contributed by atoms with Gasteiger partial charge in [0.2, 0.25) is 5.91 Å². The Labute approximate surface area is 107 Å². The second kappa shape index (κ2) is 5.48. The van der Waals surface area contributed by atoms with E-state index < -0.39 is 0 Å². The molecule has 18 heavy (non-hydrogen) atoms. The van der Waals surface area contributed by atoms with Crippen LogP contribution in [0, 0.1) is 17.7 Å². The number of halogens is 1. The van der Waals surface area contributed by atoms with Gasteiger partial charge in [-0.15, -0.1) is 0 Å². The zero-order valence-electron chi connectivity index (χ0n) is 10.6. The van der Waals surface area contributed by atoms with Crippen LogP contribution in [0.3, 0.4) is 0 Å². The molecule has 0 radical (unpaired) electrons. The summed E-state index contributed by atoms with van der Waals surface area (Å²) in [7, 11) is 1.63. The molecule has 1 aliphatic rings. The van der Waals surface area contributed by atoms with Gasteiger partial charge in [0.05, 0.1) is 5.69 Å². The molecule has 98 valence electrons. The molecule has 3 nitrogen and oxygen atoms in total. The Balaban J connectivity index is 2.16. The lowest BCUT2D eigenvalue weighted by Crippen LogP contribution is -2.37. The molecule has 1 aromatic carbocycles. The molecular formula is C14H19FN2O. The summed E-state index contributed by atoms with van der Waals surface area (Å²) < 4.78 is 13.6. The van der Waals surface area contributed by atoms with E-state index in [0.29, 0.717) is 12.2 Å². The number of rotatable bonds is 3. The Morgan fingerprint density at radius 3 is 2.83 bits per heavy atom. The van der Waals surface area contributed by atoms with Crippen LogP contribution < -0.4 is 10.6 Å². The molecule has 0 aliphatic heterocycles. The Morgan fingerprint density at radius 2 is 2.17 bits per heavy atom. The summed E-state index contributed by atoms with van der Waals surface area (Å²) in [5.41, 5.74) is 6.02. The summed E-state index contributed by atoms with van der Waals surface area (Å²) in [6.07, 6.45) is 2.89. The molecule has 0 bridgehead atoms. The van der Waals surface area contributed by atoms with E-state index in [4.69, 9.17) is 5.73 Å². The van der Waals surface area contributed by atoms with Crippen molar-refractivity contribution in [1.82, 2.24) is 0 Å². The number of amides is 1. The molecule has 0 spiro atoms. The van der Waals surface area contributed by atoms with Crippen molar-refractivity contribution in [3.05, 3.63) is 30.1 Å². The van der Waals surface area contributed by atoms with Gasteiger partial charge in [0.15, 0.2) is 0 Å². The molecule has 2 unspecified atom stereocenters. The van der Waals surface area contributed by atoms with Crippen LogP contribution in [-0.2, 0) is 4.79 Å². The number of carbonyl (C=O) groups excluding carboxylic acids is 1. The molecule has 1 amide bonds. The van der Waals surface area contributed by atoms with E-state index in [0.717, 1.165) is 19.3 Å². The van der Waals surface area contributed by atoms with E-state index in [1.54, 1.807) is 25.2 Å². The molecule has 0 aromatic heterocycles. The van der Waals surface area contributed by atoms with E-state index in [1.165, 1.54) is 11.0 Å². The van der Waals surface area contributed by atoms with E-state index in [1.807, 2.05) is 0 Å². The van der Waals surface area contributed by atoms with Gasteiger partial charge in [-0.1, -0.05) is 18.6 Å². The molecule has 1 aliphatic carbocycles. The predicted molar refractivity (Wildman–Crippen MR) is 69.7 cm³/mol. The fraction of sp³-hybridized carbons (Fsp3) is 0.500. The number of benzene rings is 1. The van der Waals surface area contributed by atoms with Crippen LogP contribution in [0.15, 0.2) is 24.3 Å². The van der Waals surface area contributed by atoms with Gasteiger partial charge in [0.25, 0.3) is 0 Å². The monoisotopic (exact) mass is 250 g/mol. The second-order valence-corrected chi connectivity index (χ2v) is 4.88. The fourth-order valence-corrected chi connectivity index (χ4v) is 2.74. The average molecular weight is 250 g/mol. The van der Waals surface area contributed by atoms with Crippen molar-refractivity contribution in [2.24, 2.45) is 17.6 Å². The second-order valence-electron chi connectivity index (χ2n) is 4.88. The van der Waals surface area contributed by atoms with Crippen molar-refractivity contribution in [1.29, 1.82) is 0 Å². The minimum atomic E-state index is -0.365. The van der Waals surface area contributed by atoms with Crippen LogP contribution in [0.1, 0.15) is 19.3 Å². The quantitative estimate of drug-likeness (QED) is 0.893. The number of para-hydroxylation sites is 1. The number of anilines is 1. The number of nitrogens with two attached hydrogens (primary N) is 1. The highest BCUT2D eigenvalue weighted by Crippen LogP contribution is 2.33. The van der Waals surface area contributed by atoms with Crippen LogP contribution in [0.5, 0.6) is 0 Å². The molecule has 1 aromatic rings. The normalized spacial score (nSPS) is 23.1. The lowest BCUT2D eigenvalue weighted by molar-refractivity contribution is -0.123. The highest BCUT2D eigenvalue weighted by atomic mass is 19.1. The lowest BCUT2D eigenvalue weighted by atomic mass is 9.94. The SMILES string of the molecule is CN(C(=O)C1CCCC1CN)c1ccccc1F. The van der Waals surface area contributed by atoms with Crippen LogP contribution in [0.25, 0.3) is 0 Å². The van der Waals surface area contributed by atoms with E-state index in [9.17, 15) is 9.18 Å². The van der Waals surface area contributed by atoms with Crippen molar-refractivity contribution < 1.29 is 9.18 Å². The standard InChI is InChI=1S/C14H19FN2O/c1-17(13-8-3-2-7-12(13)15)14(18)11-6-4-5-10(11)9-16/h2-3,7-8,10-11H,4-6,9,16H2,1H3. The first-order valence-electron chi connectivity index (χ1n) is 6.37. The highest BCUT2D eigenvalue weighted by molar-refractivity contribution is 5.95. The van der Waals surface area contributed by atoms with Gasteiger partial charge in [-0.05, 0) is 37.4 Å². The number of nitrogens with zero attached hydrogens (tertiary/aromatic N) is 1. The number of hydrogen-bond acceptors (Lipinski definition) is 2. The van der Waals surface area contributed by atoms with Gasteiger partial charge in [-0.25, -0.2) is 4.39 Å². The minimum absolute atomic E-state index is 0.0203. The maximum atomic E-state index is 13.6. The van der Waals surface area contributed by atoms with E-state index in [2.05, 4.69) is 0 Å². The first-order chi connectivity index (χ1) is 8.65. The van der Waals surface area contributed by atoms with Crippen molar-refractivity contribution in [2.75, 3.05) is 18.5 Å². The third-order valence-corrected chi connectivity index (χ3v) is 3.82. The van der Waals surface area contributed by atoms with Gasteiger partial charge in [-0.3, -0.25) is 4.79 Å². The third kappa shape index (κ3) is 2.38. The van der Waals surface area contributed by atoms with Gasteiger partial charge >= 0.3 is 0 Å². The molecule has 0 heterocycles. The molecule has 1 fully saturated rings. The van der Waals surface area contributed by atoms with Crippen LogP contribution >= 0.6 is 0 Å². The first-order valence-corrected chi connectivity index (χ1v) is 6.37. The molecule has 4 heteroatoms. The van der Waals surface area contributed by atoms with Gasteiger partial charge in [0, 0.05) is 13.0 Å². The molecule has 0 saturated heterocycles. The van der Waals surface area contributed by atoms with Gasteiger partial charge in [-0.2, -0.15) is 0 Å². The van der Waals surface area contributed by atoms with Crippen molar-refractivity contribution in [3.8, 4) is 0 Å². The summed E-state index contributed by atoms with van der Waals surface area (Å²) in [6.45, 7) is 0.529. The topological polar surface area (TPSA) is 46.3 Å². The zero-order chi connectivity index (χ0) is 13.1. The van der Waals surface area contributed by atoms with Crippen molar-refractivity contribution >= 4 is 11.6 Å². The Bertz CT molecular complexity index is 436. The third-order valence-electron chi connectivity index (χ3n) is 3.82. The summed E-state index contributed by atoms with van der Waals surface area (Å²) >= 11 is 0. The highest BCUT2D eigenvalue weighted by Gasteiger charge is 2.34. The summed E-state index contributed by atoms with van der Waals surface area (Å²) in [6, 6.07) is 6.35. The number of hydrogen-bond donors (Lipinski definition) is 1. The summed E-state index contributed by atoms with van der Waals surface area (Å²) in [5, 5.41) is 0. The van der Waals surface area contributed by atoms with Gasteiger partial charge < -0.3 is 10.6 Å². The fourth-order valence-electron chi connectivity index (χ4n) is 2.74. The van der Waals surface area contributed by atoms with Crippen LogP contribution in [0.4, 0.5) is 10.1 Å². The largest absolute Gasteiger partial charge is 0.330 e. The predicted octanol–water partition coefficient (Wildman–Crippen LogP) is 2.16. The molecular weight excluding hydrogens is 231 g/mol. The maximum absolute atomic E-state index is 13.6. The van der Waals surface area contributed by atoms with Crippen molar-refractivity contribution in [2.45, 2.75) is 19.3 Å². The molecule has 2 atom stereocenters. The van der Waals surface area contributed by atoms with Crippen LogP contribution in [0.2, 0.25) is 0 Å².